The molecule has 1 saturated heterocycles. The number of aliphatic hydroxyl groups excluding tert-OH is 1. The Balaban J connectivity index is 1.83. The molecule has 0 saturated carbocycles. The smallest absolute Gasteiger partial charge is 0.417 e. The van der Waals surface area contributed by atoms with Crippen LogP contribution in [0.2, 0.25) is 0 Å². The van der Waals surface area contributed by atoms with Gasteiger partial charge in [-0.15, -0.1) is 0 Å². The minimum atomic E-state index is -0.673. The van der Waals surface area contributed by atoms with Gasteiger partial charge in [-0.3, -0.25) is 0 Å². The summed E-state index contributed by atoms with van der Waals surface area (Å²) in [6, 6.07) is 29.1. The Hall–Kier alpha value is -3.64. The van der Waals surface area contributed by atoms with E-state index in [1.54, 1.807) is 4.90 Å². The van der Waals surface area contributed by atoms with Gasteiger partial charge in [-0.05, 0) is 43.9 Å². The van der Waals surface area contributed by atoms with Gasteiger partial charge >= 0.3 is 6.09 Å². The van der Waals surface area contributed by atoms with Crippen LogP contribution in [0.25, 0.3) is 0 Å². The molecule has 6 heteroatoms. The van der Waals surface area contributed by atoms with Gasteiger partial charge < -0.3 is 14.7 Å². The average Bonchev–Trinajstić information content (AvgIpc) is 3.16. The van der Waals surface area contributed by atoms with Crippen molar-refractivity contribution in [2.75, 3.05) is 13.7 Å². The summed E-state index contributed by atoms with van der Waals surface area (Å²) in [5, 5.41) is 10.3. The number of likely N-dealkylation sites (N-methyl/N-ethyl adjacent to an activating group) is 1. The lowest BCUT2D eigenvalue weighted by Crippen LogP contribution is -2.42. The molecule has 0 bridgehead atoms. The summed E-state index contributed by atoms with van der Waals surface area (Å²) in [6.45, 7) is 5.44. The molecule has 1 heterocycles. The van der Waals surface area contributed by atoms with E-state index in [1.807, 2.05) is 112 Å². The van der Waals surface area contributed by atoms with Crippen LogP contribution in [0.3, 0.4) is 0 Å². The number of hydrogen-bond acceptors (Lipinski definition) is 4. The number of carbonyl (C=O) groups excluding carboxylic acids is 1. The van der Waals surface area contributed by atoms with Crippen molar-refractivity contribution in [3.8, 4) is 0 Å². The van der Waals surface area contributed by atoms with Crippen molar-refractivity contribution in [2.24, 2.45) is 4.99 Å². The van der Waals surface area contributed by atoms with Crippen molar-refractivity contribution in [1.82, 2.24) is 9.80 Å². The molecule has 0 spiro atoms. The van der Waals surface area contributed by atoms with Gasteiger partial charge in [0, 0.05) is 7.05 Å². The van der Waals surface area contributed by atoms with Gasteiger partial charge in [0.25, 0.3) is 0 Å². The van der Waals surface area contributed by atoms with Crippen LogP contribution >= 0.6 is 0 Å². The number of guanidine groups is 1. The molecule has 188 valence electrons. The molecular weight excluding hydrogens is 450 g/mol. The molecule has 3 aromatic rings. The molecule has 3 aromatic carbocycles. The molecule has 0 aromatic heterocycles. The first-order valence-corrected chi connectivity index (χ1v) is 12.4. The predicted octanol–water partition coefficient (Wildman–Crippen LogP) is 5.61. The highest BCUT2D eigenvalue weighted by Gasteiger charge is 2.48. The maximum Gasteiger partial charge on any atom is 0.417 e. The predicted molar refractivity (Wildman–Crippen MR) is 143 cm³/mol. The minimum absolute atomic E-state index is 0.138. The molecule has 1 amide bonds. The minimum Gasteiger partial charge on any atom is -0.443 e. The highest BCUT2D eigenvalue weighted by molar-refractivity contribution is 5.97. The molecule has 36 heavy (non-hydrogen) atoms. The zero-order valence-corrected chi connectivity index (χ0v) is 21.4. The third-order valence-corrected chi connectivity index (χ3v) is 6.22. The van der Waals surface area contributed by atoms with Gasteiger partial charge in [0.05, 0.1) is 24.7 Å². The maximum absolute atomic E-state index is 13.7. The molecule has 0 radical (unpaired) electrons. The van der Waals surface area contributed by atoms with Gasteiger partial charge in [0.2, 0.25) is 5.96 Å². The first kappa shape index (κ1) is 25.5. The third kappa shape index (κ3) is 5.77. The summed E-state index contributed by atoms with van der Waals surface area (Å²) in [6.07, 6.45) is 0.0971. The van der Waals surface area contributed by atoms with E-state index in [0.29, 0.717) is 12.4 Å². The lowest BCUT2D eigenvalue weighted by Gasteiger charge is -2.29. The van der Waals surface area contributed by atoms with Gasteiger partial charge in [-0.25, -0.2) is 14.7 Å². The number of rotatable bonds is 6. The van der Waals surface area contributed by atoms with Crippen molar-refractivity contribution >= 4 is 12.1 Å². The van der Waals surface area contributed by atoms with Gasteiger partial charge in [0.15, 0.2) is 0 Å². The number of amides is 1. The summed E-state index contributed by atoms with van der Waals surface area (Å²) in [4.78, 5) is 22.4. The van der Waals surface area contributed by atoms with Crippen LogP contribution in [0, 0.1) is 0 Å². The molecule has 1 fully saturated rings. The first-order valence-electron chi connectivity index (χ1n) is 12.4. The number of nitrogens with zero attached hydrogens (tertiary/aromatic N) is 3. The second kappa shape index (κ2) is 11.0. The Morgan fingerprint density at radius 3 is 1.89 bits per heavy atom. The third-order valence-electron chi connectivity index (χ3n) is 6.22. The highest BCUT2D eigenvalue weighted by Crippen LogP contribution is 2.45. The van der Waals surface area contributed by atoms with Crippen LogP contribution in [0.4, 0.5) is 4.79 Å². The number of ether oxygens (including phenoxy) is 1. The van der Waals surface area contributed by atoms with E-state index in [-0.39, 0.29) is 18.7 Å². The second-order valence-corrected chi connectivity index (χ2v) is 10.1. The summed E-state index contributed by atoms with van der Waals surface area (Å²) in [5.41, 5.74) is 2.45. The quantitative estimate of drug-likeness (QED) is 0.493. The van der Waals surface area contributed by atoms with E-state index in [4.69, 9.17) is 9.73 Å². The van der Waals surface area contributed by atoms with Crippen LogP contribution in [0.5, 0.6) is 0 Å². The van der Waals surface area contributed by atoms with E-state index >= 15 is 0 Å². The fourth-order valence-electron chi connectivity index (χ4n) is 4.67. The van der Waals surface area contributed by atoms with Gasteiger partial charge in [-0.1, -0.05) is 91.0 Å². The zero-order valence-electron chi connectivity index (χ0n) is 21.4. The van der Waals surface area contributed by atoms with Crippen LogP contribution in [-0.4, -0.2) is 52.3 Å². The monoisotopic (exact) mass is 485 g/mol. The summed E-state index contributed by atoms with van der Waals surface area (Å²) < 4.78 is 5.89. The standard InChI is InChI=1S/C30H35N3O3/c1-30(2,3)36-29(35)33-27(24-18-12-7-13-19-24)26(23-16-10-6-11-17-23)32(4)28(33)31-25(21-34)20-22-14-8-5-9-15-22/h5-19,25-27,34H,20-21H2,1-4H3/t25-,26-,27-/m0/s1. The fraction of sp³-hybridized carbons (Fsp3) is 0.333. The zero-order chi connectivity index (χ0) is 25.7. The van der Waals surface area contributed by atoms with E-state index < -0.39 is 17.7 Å². The topological polar surface area (TPSA) is 65.4 Å². The Kier molecular flexibility index (Phi) is 7.75. The summed E-state index contributed by atoms with van der Waals surface area (Å²) in [7, 11) is 1.95. The maximum atomic E-state index is 13.7. The summed E-state index contributed by atoms with van der Waals surface area (Å²) >= 11 is 0. The highest BCUT2D eigenvalue weighted by atomic mass is 16.6. The molecule has 1 aliphatic heterocycles. The van der Waals surface area contributed by atoms with E-state index in [9.17, 15) is 9.90 Å². The number of benzene rings is 3. The van der Waals surface area contributed by atoms with E-state index in [0.717, 1.165) is 16.7 Å². The Morgan fingerprint density at radius 2 is 1.39 bits per heavy atom. The van der Waals surface area contributed by atoms with Gasteiger partial charge in [0.1, 0.15) is 5.60 Å². The molecule has 1 aliphatic rings. The van der Waals surface area contributed by atoms with Crippen molar-refractivity contribution in [3.05, 3.63) is 108 Å². The number of aliphatic imine (C=N–C) groups is 1. The SMILES string of the molecule is CN1C(=N[C@H](CO)Cc2ccccc2)N(C(=O)OC(C)(C)C)[C@@H](c2ccccc2)[C@@H]1c1ccccc1. The van der Waals surface area contributed by atoms with Crippen molar-refractivity contribution in [2.45, 2.75) is 50.9 Å². The number of hydrogen-bond donors (Lipinski definition) is 1. The molecule has 0 aliphatic carbocycles. The first-order chi connectivity index (χ1) is 17.3. The Morgan fingerprint density at radius 1 is 0.889 bits per heavy atom. The normalized spacial score (nSPS) is 20.0. The van der Waals surface area contributed by atoms with Gasteiger partial charge in [-0.2, -0.15) is 0 Å². The van der Waals surface area contributed by atoms with E-state index in [1.165, 1.54) is 0 Å². The van der Waals surface area contributed by atoms with Crippen molar-refractivity contribution in [1.29, 1.82) is 0 Å². The lowest BCUT2D eigenvalue weighted by atomic mass is 9.93. The molecule has 3 atom stereocenters. The van der Waals surface area contributed by atoms with Crippen LogP contribution in [0.15, 0.2) is 96.0 Å². The van der Waals surface area contributed by atoms with Crippen LogP contribution in [-0.2, 0) is 11.2 Å². The second-order valence-electron chi connectivity index (χ2n) is 10.1. The molecule has 0 unspecified atom stereocenters. The number of aliphatic hydroxyl groups is 1. The van der Waals surface area contributed by atoms with Crippen molar-refractivity contribution in [3.63, 3.8) is 0 Å². The Bertz CT molecular complexity index is 1160. The number of carbonyl (C=O) groups is 1. The van der Waals surface area contributed by atoms with E-state index in [2.05, 4.69) is 12.1 Å². The van der Waals surface area contributed by atoms with Crippen molar-refractivity contribution < 1.29 is 14.6 Å². The lowest BCUT2D eigenvalue weighted by molar-refractivity contribution is 0.0319. The van der Waals surface area contributed by atoms with Crippen LogP contribution in [0.1, 0.15) is 49.5 Å². The fourth-order valence-corrected chi connectivity index (χ4v) is 4.67. The average molecular weight is 486 g/mol. The van der Waals surface area contributed by atoms with Crippen LogP contribution < -0.4 is 0 Å². The molecule has 6 nitrogen and oxygen atoms in total. The Labute approximate surface area is 213 Å². The molecular formula is C30H35N3O3. The summed E-state index contributed by atoms with van der Waals surface area (Å²) in [5.74, 6) is 0.488. The molecule has 4 rings (SSSR count). The largest absolute Gasteiger partial charge is 0.443 e. The molecule has 1 N–H and O–H groups in total.